The lowest BCUT2D eigenvalue weighted by atomic mass is 9.93. The normalized spacial score (nSPS) is 17.4. The Morgan fingerprint density at radius 1 is 0.881 bits per heavy atom. The van der Waals surface area contributed by atoms with Crippen LogP contribution >= 0.6 is 0 Å². The van der Waals surface area contributed by atoms with E-state index < -0.39 is 5.92 Å². The van der Waals surface area contributed by atoms with Gasteiger partial charge in [-0.15, -0.1) is 0 Å². The summed E-state index contributed by atoms with van der Waals surface area (Å²) in [5, 5.41) is 0. The van der Waals surface area contributed by atoms with E-state index in [-0.39, 0.29) is 43.4 Å². The van der Waals surface area contributed by atoms with Gasteiger partial charge in [0.1, 0.15) is 13.2 Å². The van der Waals surface area contributed by atoms with Crippen molar-refractivity contribution >= 4 is 17.7 Å². The van der Waals surface area contributed by atoms with E-state index in [1.54, 1.807) is 0 Å². The molecule has 1 saturated heterocycles. The molecule has 0 bridgehead atoms. The maximum Gasteiger partial charge on any atom is 0.309 e. The minimum Gasteiger partial charge on any atom is -0.461 e. The molecule has 0 amide bonds. The van der Waals surface area contributed by atoms with Crippen LogP contribution in [-0.4, -0.2) is 35.2 Å². The van der Waals surface area contributed by atoms with Crippen LogP contribution in [0.4, 0.5) is 0 Å². The lowest BCUT2D eigenvalue weighted by Gasteiger charge is -2.30. The first-order valence-electron chi connectivity index (χ1n) is 15.8. The monoisotopic (exact) mass is 573 g/mol. The van der Waals surface area contributed by atoms with E-state index in [2.05, 4.69) is 18.7 Å². The maximum absolute atomic E-state index is 13.6. The van der Waals surface area contributed by atoms with Gasteiger partial charge < -0.3 is 14.4 Å². The van der Waals surface area contributed by atoms with E-state index in [9.17, 15) is 14.4 Å². The standard InChI is InChI=1S/C36H47NO5/c1-3-27(2)24-33(30-19-20-30)37-23-11-17-32(37)34(38)22-21-31(36(40)42-26-29-14-8-5-9-15-29)16-10-18-35(39)41-25-28-12-6-4-7-13-28/h4-9,12-15,27,31-32H,3,10-11,16-26H2,1-2H3. The Kier molecular flexibility index (Phi) is 12.2. The van der Waals surface area contributed by atoms with E-state index >= 15 is 0 Å². The molecule has 0 aromatic heterocycles. The Morgan fingerprint density at radius 2 is 1.52 bits per heavy atom. The number of benzene rings is 2. The predicted molar refractivity (Wildman–Crippen MR) is 164 cm³/mol. The molecular formula is C36H47NO5. The van der Waals surface area contributed by atoms with Crippen LogP contribution in [0.5, 0.6) is 0 Å². The molecule has 1 saturated carbocycles. The molecule has 2 aromatic carbocycles. The molecule has 1 heterocycles. The van der Waals surface area contributed by atoms with Gasteiger partial charge in [-0.2, -0.15) is 0 Å². The summed E-state index contributed by atoms with van der Waals surface area (Å²) in [7, 11) is 0. The van der Waals surface area contributed by atoms with E-state index in [1.165, 1.54) is 11.3 Å². The predicted octanol–water partition coefficient (Wildman–Crippen LogP) is 7.56. The molecule has 0 radical (unpaired) electrons. The van der Waals surface area contributed by atoms with Crippen molar-refractivity contribution in [2.75, 3.05) is 6.54 Å². The van der Waals surface area contributed by atoms with E-state index in [0.29, 0.717) is 31.6 Å². The zero-order chi connectivity index (χ0) is 29.7. The van der Waals surface area contributed by atoms with Gasteiger partial charge in [0.05, 0.1) is 12.0 Å². The van der Waals surface area contributed by atoms with E-state index in [4.69, 9.17) is 9.47 Å². The number of Topliss-reactive ketones (excluding diaryl/α,β-unsaturated/α-hetero) is 1. The zero-order valence-corrected chi connectivity index (χ0v) is 25.4. The molecule has 1 aliphatic heterocycles. The number of allylic oxidation sites excluding steroid dienone is 2. The van der Waals surface area contributed by atoms with Crippen molar-refractivity contribution in [1.29, 1.82) is 0 Å². The number of hydrogen-bond donors (Lipinski definition) is 0. The highest BCUT2D eigenvalue weighted by Gasteiger charge is 2.35. The molecule has 1 aliphatic carbocycles. The van der Waals surface area contributed by atoms with Crippen LogP contribution in [0.3, 0.4) is 0 Å². The van der Waals surface area contributed by atoms with Crippen LogP contribution in [0.25, 0.3) is 0 Å². The quantitative estimate of drug-likeness (QED) is 0.182. The van der Waals surface area contributed by atoms with Gasteiger partial charge in [0.2, 0.25) is 0 Å². The summed E-state index contributed by atoms with van der Waals surface area (Å²) in [5.74, 6) is -0.193. The van der Waals surface area contributed by atoms with Crippen LogP contribution < -0.4 is 0 Å². The second-order valence-corrected chi connectivity index (χ2v) is 12.0. The summed E-state index contributed by atoms with van der Waals surface area (Å²) in [4.78, 5) is 41.5. The summed E-state index contributed by atoms with van der Waals surface area (Å²) >= 11 is 0. The highest BCUT2D eigenvalue weighted by Crippen LogP contribution is 2.39. The molecule has 0 N–H and O–H groups in total. The molecule has 226 valence electrons. The first-order chi connectivity index (χ1) is 20.4. The molecule has 6 heteroatoms. The van der Waals surface area contributed by atoms with Crippen LogP contribution in [0.1, 0.15) is 95.6 Å². The van der Waals surface area contributed by atoms with Crippen molar-refractivity contribution in [2.24, 2.45) is 11.8 Å². The largest absolute Gasteiger partial charge is 0.461 e. The lowest BCUT2D eigenvalue weighted by Crippen LogP contribution is -2.36. The molecular weight excluding hydrogens is 526 g/mol. The average molecular weight is 574 g/mol. The smallest absolute Gasteiger partial charge is 0.309 e. The van der Waals surface area contributed by atoms with Gasteiger partial charge in [-0.1, -0.05) is 86.5 Å². The summed E-state index contributed by atoms with van der Waals surface area (Å²) < 4.78 is 11.1. The van der Waals surface area contributed by atoms with Gasteiger partial charge >= 0.3 is 11.9 Å². The van der Waals surface area contributed by atoms with Crippen LogP contribution in [-0.2, 0) is 37.1 Å². The number of hydrogen-bond acceptors (Lipinski definition) is 6. The Morgan fingerprint density at radius 3 is 2.14 bits per heavy atom. The topological polar surface area (TPSA) is 72.9 Å². The van der Waals surface area contributed by atoms with E-state index in [1.807, 2.05) is 60.7 Å². The zero-order valence-electron chi connectivity index (χ0n) is 25.4. The second kappa shape index (κ2) is 16.3. The van der Waals surface area contributed by atoms with Gasteiger partial charge in [0.25, 0.3) is 0 Å². The molecule has 2 fully saturated rings. The summed E-state index contributed by atoms with van der Waals surface area (Å²) in [6, 6.07) is 19.1. The van der Waals surface area contributed by atoms with Crippen molar-refractivity contribution in [2.45, 2.75) is 104 Å². The second-order valence-electron chi connectivity index (χ2n) is 12.0. The number of esters is 2. The summed E-state index contributed by atoms with van der Waals surface area (Å²) in [6.45, 7) is 5.90. The first kappa shape index (κ1) is 31.5. The van der Waals surface area contributed by atoms with Gasteiger partial charge in [-0.3, -0.25) is 14.4 Å². The Balaban J connectivity index is 1.32. The molecule has 3 unspecified atom stereocenters. The number of likely N-dealkylation sites (tertiary alicyclic amines) is 1. The third-order valence-electron chi connectivity index (χ3n) is 8.59. The molecule has 2 aromatic rings. The maximum atomic E-state index is 13.6. The Labute approximate surface area is 251 Å². The molecule has 4 rings (SSSR count). The van der Waals surface area contributed by atoms with Crippen LogP contribution in [0, 0.1) is 11.8 Å². The Bertz CT molecular complexity index is 1190. The third kappa shape index (κ3) is 9.85. The SMILES string of the molecule is CCC(C)CC(=C1CC1)N1CCCC1C(=O)CCC(CCCC(=O)OCc1ccccc1)C(=O)OCc1ccccc1. The summed E-state index contributed by atoms with van der Waals surface area (Å²) in [5.41, 5.74) is 4.80. The summed E-state index contributed by atoms with van der Waals surface area (Å²) in [6.07, 6.45) is 8.41. The highest BCUT2D eigenvalue weighted by molar-refractivity contribution is 5.85. The number of carbonyl (C=O) groups excluding carboxylic acids is 3. The van der Waals surface area contributed by atoms with Crippen molar-refractivity contribution < 1.29 is 23.9 Å². The highest BCUT2D eigenvalue weighted by atomic mass is 16.5. The molecule has 2 aliphatic rings. The van der Waals surface area contributed by atoms with E-state index in [0.717, 1.165) is 56.2 Å². The average Bonchev–Trinajstić information content (AvgIpc) is 3.75. The molecule has 0 spiro atoms. The molecule has 6 nitrogen and oxygen atoms in total. The van der Waals surface area contributed by atoms with Gasteiger partial charge in [0.15, 0.2) is 5.78 Å². The fourth-order valence-electron chi connectivity index (χ4n) is 5.73. The van der Waals surface area contributed by atoms with Crippen LogP contribution in [0.2, 0.25) is 0 Å². The molecule has 42 heavy (non-hydrogen) atoms. The van der Waals surface area contributed by atoms with Crippen molar-refractivity contribution in [3.05, 3.63) is 83.1 Å². The third-order valence-corrected chi connectivity index (χ3v) is 8.59. The number of ketones is 1. The van der Waals surface area contributed by atoms with Gasteiger partial charge in [0, 0.05) is 25.1 Å². The first-order valence-corrected chi connectivity index (χ1v) is 15.8. The van der Waals surface area contributed by atoms with Crippen molar-refractivity contribution in [1.82, 2.24) is 4.90 Å². The Hall–Kier alpha value is -3.41. The number of rotatable bonds is 17. The number of ether oxygens (including phenoxy) is 2. The van der Waals surface area contributed by atoms with Crippen LogP contribution in [0.15, 0.2) is 71.9 Å². The minimum absolute atomic E-state index is 0.0916. The lowest BCUT2D eigenvalue weighted by molar-refractivity contribution is -0.151. The number of carbonyl (C=O) groups is 3. The number of nitrogens with zero attached hydrogens (tertiary/aromatic N) is 1. The van der Waals surface area contributed by atoms with Gasteiger partial charge in [-0.05, 0) is 68.4 Å². The fraction of sp³-hybridized carbons (Fsp3) is 0.528. The van der Waals surface area contributed by atoms with Crippen molar-refractivity contribution in [3.63, 3.8) is 0 Å². The van der Waals surface area contributed by atoms with Crippen molar-refractivity contribution in [3.8, 4) is 0 Å². The van der Waals surface area contributed by atoms with Gasteiger partial charge in [-0.25, -0.2) is 0 Å². The minimum atomic E-state index is -0.434. The fourth-order valence-corrected chi connectivity index (χ4v) is 5.73. The molecule has 3 atom stereocenters.